The minimum Gasteiger partial charge on any atom is -0.494 e. The van der Waals surface area contributed by atoms with E-state index in [4.69, 9.17) is 11.6 Å². The van der Waals surface area contributed by atoms with Crippen LogP contribution >= 0.6 is 22.9 Å². The second-order valence-corrected chi connectivity index (χ2v) is 11.0. The van der Waals surface area contributed by atoms with Crippen LogP contribution in [0.1, 0.15) is 0 Å². The molecule has 2 amide bonds. The Hall–Kier alpha value is -3.61. The molecule has 13 heteroatoms. The van der Waals surface area contributed by atoms with Crippen molar-refractivity contribution in [2.45, 2.75) is 4.21 Å². The molecule has 34 heavy (non-hydrogen) atoms. The summed E-state index contributed by atoms with van der Waals surface area (Å²) in [7, 11) is -0.340. The van der Waals surface area contributed by atoms with Crippen molar-refractivity contribution in [3.8, 4) is 11.7 Å². The monoisotopic (exact) mass is 519 g/mol. The quantitative estimate of drug-likeness (QED) is 0.368. The lowest BCUT2D eigenvalue weighted by Gasteiger charge is -2.15. The van der Waals surface area contributed by atoms with Crippen LogP contribution < -0.4 is 20.5 Å². The van der Waals surface area contributed by atoms with Crippen LogP contribution in [0.25, 0.3) is 16.6 Å². The largest absolute Gasteiger partial charge is 0.494 e. The highest BCUT2D eigenvalue weighted by atomic mass is 35.5. The zero-order valence-corrected chi connectivity index (χ0v) is 20.2. The first kappa shape index (κ1) is 23.5. The second-order valence-electron chi connectivity index (χ2n) is 7.33. The van der Waals surface area contributed by atoms with Gasteiger partial charge in [-0.1, -0.05) is 11.6 Å². The van der Waals surface area contributed by atoms with Crippen molar-refractivity contribution in [3.63, 3.8) is 0 Å². The van der Waals surface area contributed by atoms with E-state index in [2.05, 4.69) is 10.3 Å². The van der Waals surface area contributed by atoms with Crippen molar-refractivity contribution in [3.05, 3.63) is 69.4 Å². The lowest BCUT2D eigenvalue weighted by molar-refractivity contribution is 0.256. The first-order valence-corrected chi connectivity index (χ1v) is 12.3. The SMILES string of the molecule is CN(C)c1ccc2c(O)n(-c3ccc(NC(=O)NS(=O)(=O)c4ccc(Cl)s4)cn3)c(=O)cc2c1. The van der Waals surface area contributed by atoms with Gasteiger partial charge in [0.1, 0.15) is 10.0 Å². The minimum absolute atomic E-state index is 0.107. The Kier molecular flexibility index (Phi) is 6.21. The Balaban J connectivity index is 1.56. The fourth-order valence-corrected chi connectivity index (χ4v) is 5.55. The van der Waals surface area contributed by atoms with Gasteiger partial charge < -0.3 is 15.3 Å². The van der Waals surface area contributed by atoms with E-state index in [9.17, 15) is 23.1 Å². The summed E-state index contributed by atoms with van der Waals surface area (Å²) in [4.78, 5) is 30.8. The van der Waals surface area contributed by atoms with Crippen molar-refractivity contribution >= 4 is 61.1 Å². The molecule has 3 heterocycles. The molecule has 0 spiro atoms. The van der Waals surface area contributed by atoms with Crippen LogP contribution in [0.15, 0.2) is 63.7 Å². The number of aromatic hydroxyl groups is 1. The lowest BCUT2D eigenvalue weighted by atomic mass is 10.1. The van der Waals surface area contributed by atoms with E-state index in [0.717, 1.165) is 21.6 Å². The van der Waals surface area contributed by atoms with Gasteiger partial charge in [-0.2, -0.15) is 0 Å². The van der Waals surface area contributed by atoms with Gasteiger partial charge in [-0.15, -0.1) is 11.3 Å². The molecular formula is C21H18ClN5O5S2. The van der Waals surface area contributed by atoms with E-state index in [1.54, 1.807) is 12.1 Å². The smallest absolute Gasteiger partial charge is 0.333 e. The molecule has 0 bridgehead atoms. The number of hydrogen-bond acceptors (Lipinski definition) is 8. The normalized spacial score (nSPS) is 11.4. The van der Waals surface area contributed by atoms with E-state index < -0.39 is 21.6 Å². The van der Waals surface area contributed by atoms with Gasteiger partial charge >= 0.3 is 6.03 Å². The van der Waals surface area contributed by atoms with Crippen LogP contribution in [0.4, 0.5) is 16.2 Å². The Morgan fingerprint density at radius 3 is 2.53 bits per heavy atom. The highest BCUT2D eigenvalue weighted by Crippen LogP contribution is 2.28. The number of hydrogen-bond donors (Lipinski definition) is 3. The number of amides is 2. The highest BCUT2D eigenvalue weighted by molar-refractivity contribution is 7.92. The lowest BCUT2D eigenvalue weighted by Crippen LogP contribution is -2.34. The summed E-state index contributed by atoms with van der Waals surface area (Å²) in [5.41, 5.74) is 0.553. The van der Waals surface area contributed by atoms with Crippen molar-refractivity contribution in [2.75, 3.05) is 24.3 Å². The topological polar surface area (TPSA) is 134 Å². The molecule has 1 aromatic carbocycles. The first-order chi connectivity index (χ1) is 16.0. The van der Waals surface area contributed by atoms with Crippen LogP contribution in [-0.4, -0.2) is 43.2 Å². The van der Waals surface area contributed by atoms with Crippen molar-refractivity contribution < 1.29 is 18.3 Å². The van der Waals surface area contributed by atoms with Crippen molar-refractivity contribution in [1.29, 1.82) is 0 Å². The van der Waals surface area contributed by atoms with E-state index >= 15 is 0 Å². The van der Waals surface area contributed by atoms with Crippen LogP contribution in [0, 0.1) is 0 Å². The molecule has 0 radical (unpaired) electrons. The number of pyridine rings is 2. The molecule has 0 fully saturated rings. The van der Waals surface area contributed by atoms with Crippen LogP contribution in [0.2, 0.25) is 4.34 Å². The average molecular weight is 520 g/mol. The molecule has 0 aliphatic rings. The van der Waals surface area contributed by atoms with E-state index in [0.29, 0.717) is 10.8 Å². The van der Waals surface area contributed by atoms with Gasteiger partial charge in [0.05, 0.1) is 16.2 Å². The van der Waals surface area contributed by atoms with Crippen LogP contribution in [0.5, 0.6) is 5.88 Å². The van der Waals surface area contributed by atoms with Crippen molar-refractivity contribution in [1.82, 2.24) is 14.3 Å². The molecule has 4 rings (SSSR count). The number of aromatic nitrogens is 2. The summed E-state index contributed by atoms with van der Waals surface area (Å²) < 4.78 is 27.5. The zero-order valence-electron chi connectivity index (χ0n) is 17.8. The predicted octanol–water partition coefficient (Wildman–Crippen LogP) is 3.38. The molecule has 0 saturated heterocycles. The summed E-state index contributed by atoms with van der Waals surface area (Å²) in [6.07, 6.45) is 1.23. The minimum atomic E-state index is -4.08. The number of sulfonamides is 1. The van der Waals surface area contributed by atoms with Crippen molar-refractivity contribution in [2.24, 2.45) is 0 Å². The number of halogens is 1. The fourth-order valence-electron chi connectivity index (χ4n) is 3.16. The molecule has 4 aromatic rings. The van der Waals surface area contributed by atoms with E-state index in [1.165, 1.54) is 36.5 Å². The molecule has 0 aliphatic heterocycles. The fraction of sp³-hybridized carbons (Fsp3) is 0.0952. The third kappa shape index (κ3) is 4.69. The molecule has 0 unspecified atom stereocenters. The maximum Gasteiger partial charge on any atom is 0.333 e. The van der Waals surface area contributed by atoms with Crippen LogP contribution in [0.3, 0.4) is 0 Å². The maximum atomic E-state index is 12.7. The van der Waals surface area contributed by atoms with Gasteiger partial charge in [-0.05, 0) is 47.9 Å². The molecule has 176 valence electrons. The molecule has 3 N–H and O–H groups in total. The van der Waals surface area contributed by atoms with Gasteiger partial charge in [-0.3, -0.25) is 4.79 Å². The summed E-state index contributed by atoms with van der Waals surface area (Å²) in [6.45, 7) is 0. The van der Waals surface area contributed by atoms with Gasteiger partial charge in [0.15, 0.2) is 0 Å². The second kappa shape index (κ2) is 8.97. The number of carbonyl (C=O) groups is 1. The zero-order chi connectivity index (χ0) is 24.6. The standard InChI is InChI=1S/C21H18ClN5O5S2/c1-26(2)14-4-5-15-12(9-14)10-18(28)27(20(15)29)17-7-3-13(11-23-17)24-21(30)25-34(31,32)19-8-6-16(22)33-19/h3-11,29H,1-2H3,(H2,24,25,30). The number of anilines is 2. The number of carbonyl (C=O) groups excluding carboxylic acids is 1. The number of nitrogens with zero attached hydrogens (tertiary/aromatic N) is 3. The maximum absolute atomic E-state index is 12.7. The number of urea groups is 1. The van der Waals surface area contributed by atoms with Crippen LogP contribution in [-0.2, 0) is 10.0 Å². The van der Waals surface area contributed by atoms with Gasteiger partial charge in [0.2, 0.25) is 5.88 Å². The highest BCUT2D eigenvalue weighted by Gasteiger charge is 2.20. The Labute approximate surface area is 203 Å². The number of nitrogens with one attached hydrogen (secondary N) is 2. The molecule has 0 atom stereocenters. The predicted molar refractivity (Wildman–Crippen MR) is 132 cm³/mol. The third-order valence-electron chi connectivity index (χ3n) is 4.78. The number of benzene rings is 1. The summed E-state index contributed by atoms with van der Waals surface area (Å²) in [5, 5.41) is 14.1. The van der Waals surface area contributed by atoms with Gasteiger partial charge in [0, 0.05) is 31.2 Å². The molecule has 0 aliphatic carbocycles. The van der Waals surface area contributed by atoms with Gasteiger partial charge in [0.25, 0.3) is 15.6 Å². The molecule has 3 aromatic heterocycles. The molecular weight excluding hydrogens is 502 g/mol. The summed E-state index contributed by atoms with van der Waals surface area (Å²) >= 11 is 6.56. The Bertz CT molecular complexity index is 1560. The number of thiophene rings is 1. The van der Waals surface area contributed by atoms with E-state index in [1.807, 2.05) is 29.8 Å². The average Bonchev–Trinajstić information content (AvgIpc) is 3.21. The Morgan fingerprint density at radius 1 is 1.15 bits per heavy atom. The molecule has 0 saturated carbocycles. The summed E-state index contributed by atoms with van der Waals surface area (Å²) in [5.74, 6) is -0.160. The third-order valence-corrected chi connectivity index (χ3v) is 7.83. The molecule has 10 nitrogen and oxygen atoms in total. The first-order valence-electron chi connectivity index (χ1n) is 9.67. The van der Waals surface area contributed by atoms with E-state index in [-0.39, 0.29) is 25.9 Å². The number of rotatable bonds is 5. The summed E-state index contributed by atoms with van der Waals surface area (Å²) in [6, 6.07) is 11.2. The Morgan fingerprint density at radius 2 is 1.91 bits per heavy atom. The number of fused-ring (bicyclic) bond motifs is 1. The van der Waals surface area contributed by atoms with Gasteiger partial charge in [-0.25, -0.2) is 27.5 Å².